The number of rotatable bonds is 9. The molecule has 0 bridgehead atoms. The third kappa shape index (κ3) is 7.80. The quantitative estimate of drug-likeness (QED) is 0.343. The Balaban J connectivity index is 1.59. The van der Waals surface area contributed by atoms with Crippen molar-refractivity contribution in [2.24, 2.45) is 0 Å². The maximum absolute atomic E-state index is 11.9. The fourth-order valence-corrected chi connectivity index (χ4v) is 2.98. The lowest BCUT2D eigenvalue weighted by molar-refractivity contribution is 0.0600. The Morgan fingerprint density at radius 3 is 2.78 bits per heavy atom. The van der Waals surface area contributed by atoms with Gasteiger partial charge in [0, 0.05) is 45.8 Å². The standard InChI is InChI=1S/C20H30N4O3/c1-16(15-24-11-9-21-10-12-24)14-23-20(26)22-8-4-6-17-5-3-7-18(13-17)19(25)27-2/h3,5,7,13,21H,1,4,6,8-12,14-15H2,2H3,(H2,22,23,26). The second-order valence-corrected chi connectivity index (χ2v) is 6.68. The molecule has 1 aromatic rings. The minimum atomic E-state index is -0.338. The van der Waals surface area contributed by atoms with Crippen LogP contribution in [0.25, 0.3) is 0 Å². The third-order valence-corrected chi connectivity index (χ3v) is 4.43. The lowest BCUT2D eigenvalue weighted by Crippen LogP contribution is -2.45. The smallest absolute Gasteiger partial charge is 0.337 e. The maximum Gasteiger partial charge on any atom is 0.337 e. The summed E-state index contributed by atoms with van der Waals surface area (Å²) < 4.78 is 4.72. The zero-order valence-electron chi connectivity index (χ0n) is 16.1. The largest absolute Gasteiger partial charge is 0.465 e. The first-order valence-electron chi connectivity index (χ1n) is 9.37. The van der Waals surface area contributed by atoms with Gasteiger partial charge in [-0.2, -0.15) is 0 Å². The van der Waals surface area contributed by atoms with E-state index in [1.807, 2.05) is 18.2 Å². The van der Waals surface area contributed by atoms with E-state index in [0.717, 1.165) is 56.7 Å². The molecule has 0 spiro atoms. The molecular formula is C20H30N4O3. The molecule has 0 aliphatic carbocycles. The number of piperazine rings is 1. The highest BCUT2D eigenvalue weighted by Gasteiger charge is 2.11. The molecule has 1 saturated heterocycles. The summed E-state index contributed by atoms with van der Waals surface area (Å²) >= 11 is 0. The van der Waals surface area contributed by atoms with Crippen LogP contribution in [0.4, 0.5) is 4.79 Å². The van der Waals surface area contributed by atoms with Gasteiger partial charge in [0.05, 0.1) is 12.7 Å². The van der Waals surface area contributed by atoms with Crippen LogP contribution in [0, 0.1) is 0 Å². The van der Waals surface area contributed by atoms with E-state index in [1.165, 1.54) is 7.11 Å². The first kappa shape index (κ1) is 20.9. The molecule has 0 aromatic heterocycles. The highest BCUT2D eigenvalue weighted by Crippen LogP contribution is 2.08. The molecule has 0 atom stereocenters. The number of esters is 1. The number of urea groups is 1. The van der Waals surface area contributed by atoms with Crippen LogP contribution >= 0.6 is 0 Å². The second kappa shape index (κ2) is 11.4. The molecule has 1 aliphatic rings. The van der Waals surface area contributed by atoms with Gasteiger partial charge in [0.1, 0.15) is 0 Å². The van der Waals surface area contributed by atoms with Crippen LogP contribution < -0.4 is 16.0 Å². The van der Waals surface area contributed by atoms with E-state index in [2.05, 4.69) is 27.4 Å². The average molecular weight is 374 g/mol. The van der Waals surface area contributed by atoms with Gasteiger partial charge in [-0.15, -0.1) is 0 Å². The molecule has 1 fully saturated rings. The van der Waals surface area contributed by atoms with Crippen LogP contribution in [0.5, 0.6) is 0 Å². The molecular weight excluding hydrogens is 344 g/mol. The summed E-state index contributed by atoms with van der Waals surface area (Å²) in [7, 11) is 1.37. The van der Waals surface area contributed by atoms with Crippen molar-refractivity contribution < 1.29 is 14.3 Å². The van der Waals surface area contributed by atoms with Crippen LogP contribution in [0.2, 0.25) is 0 Å². The number of amides is 2. The van der Waals surface area contributed by atoms with Gasteiger partial charge in [0.25, 0.3) is 0 Å². The molecule has 0 radical (unpaired) electrons. The molecule has 1 aliphatic heterocycles. The van der Waals surface area contributed by atoms with E-state index in [9.17, 15) is 9.59 Å². The molecule has 148 valence electrons. The van der Waals surface area contributed by atoms with Crippen molar-refractivity contribution in [1.29, 1.82) is 0 Å². The molecule has 0 saturated carbocycles. The van der Waals surface area contributed by atoms with Gasteiger partial charge >= 0.3 is 12.0 Å². The molecule has 1 aromatic carbocycles. The Bertz CT molecular complexity index is 642. The van der Waals surface area contributed by atoms with Crippen molar-refractivity contribution in [1.82, 2.24) is 20.9 Å². The molecule has 0 unspecified atom stereocenters. The van der Waals surface area contributed by atoms with Gasteiger partial charge in [0.2, 0.25) is 0 Å². The number of methoxy groups -OCH3 is 1. The number of aryl methyl sites for hydroxylation is 1. The van der Waals surface area contributed by atoms with Crippen LogP contribution in [0.1, 0.15) is 22.3 Å². The first-order valence-corrected chi connectivity index (χ1v) is 9.37. The Kier molecular flexibility index (Phi) is 8.80. The van der Waals surface area contributed by atoms with Gasteiger partial charge < -0.3 is 20.7 Å². The molecule has 3 N–H and O–H groups in total. The number of carbonyl (C=O) groups is 2. The van der Waals surface area contributed by atoms with Gasteiger partial charge in [-0.05, 0) is 36.1 Å². The van der Waals surface area contributed by atoms with Crippen molar-refractivity contribution in [2.75, 3.05) is 52.9 Å². The lowest BCUT2D eigenvalue weighted by atomic mass is 10.1. The van der Waals surface area contributed by atoms with Crippen molar-refractivity contribution in [2.45, 2.75) is 12.8 Å². The third-order valence-electron chi connectivity index (χ3n) is 4.43. The highest BCUT2D eigenvalue weighted by atomic mass is 16.5. The van der Waals surface area contributed by atoms with E-state index >= 15 is 0 Å². The monoisotopic (exact) mass is 374 g/mol. The number of benzene rings is 1. The first-order chi connectivity index (χ1) is 13.1. The van der Waals surface area contributed by atoms with Gasteiger partial charge in [0.15, 0.2) is 0 Å². The summed E-state index contributed by atoms with van der Waals surface area (Å²) in [5.74, 6) is -0.338. The normalized spacial score (nSPS) is 14.4. The summed E-state index contributed by atoms with van der Waals surface area (Å²) in [4.78, 5) is 25.8. The lowest BCUT2D eigenvalue weighted by Gasteiger charge is -2.27. The number of nitrogens with zero attached hydrogens (tertiary/aromatic N) is 1. The molecule has 7 heteroatoms. The predicted molar refractivity (Wildman–Crippen MR) is 106 cm³/mol. The van der Waals surface area contributed by atoms with Crippen LogP contribution in [-0.2, 0) is 11.2 Å². The molecule has 1 heterocycles. The van der Waals surface area contributed by atoms with Crippen molar-refractivity contribution in [3.63, 3.8) is 0 Å². The maximum atomic E-state index is 11.9. The second-order valence-electron chi connectivity index (χ2n) is 6.68. The Morgan fingerprint density at radius 2 is 2.04 bits per heavy atom. The van der Waals surface area contributed by atoms with Gasteiger partial charge in [-0.25, -0.2) is 9.59 Å². The van der Waals surface area contributed by atoms with E-state index in [4.69, 9.17) is 4.74 Å². The number of ether oxygens (including phenoxy) is 1. The minimum Gasteiger partial charge on any atom is -0.465 e. The summed E-state index contributed by atoms with van der Waals surface area (Å²) in [5.41, 5.74) is 2.60. The van der Waals surface area contributed by atoms with E-state index in [0.29, 0.717) is 18.7 Å². The van der Waals surface area contributed by atoms with Crippen molar-refractivity contribution in [3.05, 3.63) is 47.5 Å². The van der Waals surface area contributed by atoms with Gasteiger partial charge in [-0.3, -0.25) is 4.90 Å². The van der Waals surface area contributed by atoms with E-state index in [1.54, 1.807) is 6.07 Å². The predicted octanol–water partition coefficient (Wildman–Crippen LogP) is 1.17. The Morgan fingerprint density at radius 1 is 1.26 bits per heavy atom. The van der Waals surface area contributed by atoms with Crippen molar-refractivity contribution >= 4 is 12.0 Å². The summed E-state index contributed by atoms with van der Waals surface area (Å²) in [6.45, 7) is 9.95. The zero-order chi connectivity index (χ0) is 19.5. The molecule has 7 nitrogen and oxygen atoms in total. The number of hydrogen-bond donors (Lipinski definition) is 3. The number of carbonyl (C=O) groups excluding carboxylic acids is 2. The zero-order valence-corrected chi connectivity index (χ0v) is 16.1. The van der Waals surface area contributed by atoms with Crippen LogP contribution in [0.15, 0.2) is 36.4 Å². The molecule has 2 amide bonds. The topological polar surface area (TPSA) is 82.7 Å². The molecule has 27 heavy (non-hydrogen) atoms. The van der Waals surface area contributed by atoms with Crippen LogP contribution in [-0.4, -0.2) is 69.8 Å². The van der Waals surface area contributed by atoms with Crippen molar-refractivity contribution in [3.8, 4) is 0 Å². The summed E-state index contributed by atoms with van der Waals surface area (Å²) in [6, 6.07) is 7.18. The minimum absolute atomic E-state index is 0.181. The Labute approximate surface area is 161 Å². The van der Waals surface area contributed by atoms with E-state index < -0.39 is 0 Å². The average Bonchev–Trinajstić information content (AvgIpc) is 2.70. The van der Waals surface area contributed by atoms with Crippen LogP contribution in [0.3, 0.4) is 0 Å². The molecule has 2 rings (SSSR count). The number of nitrogens with one attached hydrogen (secondary N) is 3. The summed E-state index contributed by atoms with van der Waals surface area (Å²) in [6.07, 6.45) is 1.57. The van der Waals surface area contributed by atoms with Gasteiger partial charge in [-0.1, -0.05) is 18.7 Å². The highest BCUT2D eigenvalue weighted by molar-refractivity contribution is 5.89. The van der Waals surface area contributed by atoms with E-state index in [-0.39, 0.29) is 12.0 Å². The fraction of sp³-hybridized carbons (Fsp3) is 0.500. The SMILES string of the molecule is C=C(CNC(=O)NCCCc1cccc(C(=O)OC)c1)CN1CCNCC1. The number of hydrogen-bond acceptors (Lipinski definition) is 5. The summed E-state index contributed by atoms with van der Waals surface area (Å²) in [5, 5.41) is 9.02. The Hall–Kier alpha value is -2.38. The fourth-order valence-electron chi connectivity index (χ4n) is 2.98.